The smallest absolute Gasteiger partial charge is 0.249 e. The molecule has 0 saturated carbocycles. The van der Waals surface area contributed by atoms with Crippen LogP contribution in [-0.4, -0.2) is 25.0 Å². The maximum atomic E-state index is 5.73. The van der Waals surface area contributed by atoms with Crippen molar-refractivity contribution in [3.8, 4) is 11.6 Å². The lowest BCUT2D eigenvalue weighted by molar-refractivity contribution is 0.451. The number of aryl methyl sites for hydroxylation is 2. The van der Waals surface area contributed by atoms with E-state index in [4.69, 9.17) is 22.7 Å². The normalized spacial score (nSPS) is 10.5. The minimum absolute atomic E-state index is 0.244. The summed E-state index contributed by atoms with van der Waals surface area (Å²) < 4.78 is 7.42. The van der Waals surface area contributed by atoms with Gasteiger partial charge in [-0.05, 0) is 26.3 Å². The number of ether oxygens (including phenoxy) is 1. The van der Waals surface area contributed by atoms with E-state index >= 15 is 0 Å². The molecule has 0 aromatic carbocycles. The van der Waals surface area contributed by atoms with Gasteiger partial charge in [0, 0.05) is 6.54 Å². The highest BCUT2D eigenvalue weighted by Gasteiger charge is 2.16. The van der Waals surface area contributed by atoms with Crippen LogP contribution in [0.3, 0.4) is 0 Å². The Morgan fingerprint density at radius 3 is 2.74 bits per heavy atom. The SMILES string of the molecule is CCn1cc(Oc2nnc(C)c(C)c2C(N)=S)cn1. The standard InChI is InChI=1S/C12H15N5OS/c1-4-17-6-9(5-14-17)18-12-10(11(13)19)7(2)8(3)15-16-12/h5-6H,4H2,1-3H3,(H2,13,19). The van der Waals surface area contributed by atoms with Crippen LogP contribution in [0.15, 0.2) is 12.4 Å². The van der Waals surface area contributed by atoms with Crippen LogP contribution >= 0.6 is 12.2 Å². The Kier molecular flexibility index (Phi) is 3.75. The molecular formula is C12H15N5OS. The summed E-state index contributed by atoms with van der Waals surface area (Å²) in [4.78, 5) is 0.244. The van der Waals surface area contributed by atoms with E-state index in [-0.39, 0.29) is 4.99 Å². The maximum absolute atomic E-state index is 5.73. The fourth-order valence-electron chi connectivity index (χ4n) is 1.63. The average molecular weight is 277 g/mol. The van der Waals surface area contributed by atoms with Crippen molar-refractivity contribution in [3.63, 3.8) is 0 Å². The predicted molar refractivity (Wildman–Crippen MR) is 75.4 cm³/mol. The zero-order chi connectivity index (χ0) is 14.0. The quantitative estimate of drug-likeness (QED) is 0.857. The Labute approximate surface area is 116 Å². The summed E-state index contributed by atoms with van der Waals surface area (Å²) in [6.07, 6.45) is 3.39. The second-order valence-corrected chi connectivity index (χ2v) is 4.53. The topological polar surface area (TPSA) is 78.8 Å². The Morgan fingerprint density at radius 2 is 2.16 bits per heavy atom. The van der Waals surface area contributed by atoms with Crippen molar-refractivity contribution in [1.29, 1.82) is 0 Å². The van der Waals surface area contributed by atoms with E-state index in [2.05, 4.69) is 15.3 Å². The molecule has 0 amide bonds. The van der Waals surface area contributed by atoms with E-state index in [0.717, 1.165) is 17.8 Å². The molecule has 2 aromatic heterocycles. The Bertz CT molecular complexity index is 623. The number of aromatic nitrogens is 4. The largest absolute Gasteiger partial charge is 0.434 e. The van der Waals surface area contributed by atoms with Gasteiger partial charge in [0.2, 0.25) is 5.88 Å². The van der Waals surface area contributed by atoms with Crippen molar-refractivity contribution in [2.45, 2.75) is 27.3 Å². The predicted octanol–water partition coefficient (Wildman–Crippen LogP) is 1.74. The molecule has 0 aliphatic carbocycles. The summed E-state index contributed by atoms with van der Waals surface area (Å²) >= 11 is 5.05. The second kappa shape index (κ2) is 5.31. The van der Waals surface area contributed by atoms with Gasteiger partial charge in [0.15, 0.2) is 5.75 Å². The highest BCUT2D eigenvalue weighted by molar-refractivity contribution is 7.80. The summed E-state index contributed by atoms with van der Waals surface area (Å²) in [6.45, 7) is 6.50. The fourth-order valence-corrected chi connectivity index (χ4v) is 1.87. The molecular weight excluding hydrogens is 262 g/mol. The van der Waals surface area contributed by atoms with E-state index in [1.54, 1.807) is 17.1 Å². The molecule has 0 bridgehead atoms. The van der Waals surface area contributed by atoms with Crippen LogP contribution in [0.4, 0.5) is 0 Å². The molecule has 0 saturated heterocycles. The van der Waals surface area contributed by atoms with Gasteiger partial charge in [0.1, 0.15) is 4.99 Å². The molecule has 0 aliphatic rings. The van der Waals surface area contributed by atoms with Gasteiger partial charge < -0.3 is 10.5 Å². The molecule has 0 aliphatic heterocycles. The number of nitrogens with two attached hydrogens (primary N) is 1. The molecule has 2 aromatic rings. The van der Waals surface area contributed by atoms with E-state index in [1.165, 1.54) is 0 Å². The lowest BCUT2D eigenvalue weighted by atomic mass is 10.1. The summed E-state index contributed by atoms with van der Waals surface area (Å²) in [6, 6.07) is 0. The van der Waals surface area contributed by atoms with Crippen molar-refractivity contribution in [2.75, 3.05) is 0 Å². The van der Waals surface area contributed by atoms with E-state index in [0.29, 0.717) is 17.2 Å². The maximum Gasteiger partial charge on any atom is 0.249 e. The number of hydrogen-bond donors (Lipinski definition) is 1. The van der Waals surface area contributed by atoms with Gasteiger partial charge in [0.25, 0.3) is 0 Å². The van der Waals surface area contributed by atoms with E-state index in [9.17, 15) is 0 Å². The first kappa shape index (κ1) is 13.4. The Hall–Kier alpha value is -2.02. The Morgan fingerprint density at radius 1 is 1.42 bits per heavy atom. The fraction of sp³-hybridized carbons (Fsp3) is 0.333. The first-order valence-electron chi connectivity index (χ1n) is 5.87. The molecule has 7 heteroatoms. The van der Waals surface area contributed by atoms with Gasteiger partial charge in [-0.25, -0.2) is 0 Å². The molecule has 19 heavy (non-hydrogen) atoms. The number of rotatable bonds is 4. The molecule has 0 spiro atoms. The van der Waals surface area contributed by atoms with Gasteiger partial charge in [0.05, 0.1) is 23.7 Å². The third-order valence-corrected chi connectivity index (χ3v) is 3.02. The summed E-state index contributed by atoms with van der Waals surface area (Å²) in [5, 5.41) is 12.2. The first-order valence-corrected chi connectivity index (χ1v) is 6.27. The minimum Gasteiger partial charge on any atom is -0.434 e. The van der Waals surface area contributed by atoms with Gasteiger partial charge in [-0.1, -0.05) is 12.2 Å². The molecule has 2 rings (SSSR count). The van der Waals surface area contributed by atoms with Crippen molar-refractivity contribution in [1.82, 2.24) is 20.0 Å². The van der Waals surface area contributed by atoms with Crippen molar-refractivity contribution in [2.24, 2.45) is 5.73 Å². The van der Waals surface area contributed by atoms with Crippen LogP contribution in [0.5, 0.6) is 11.6 Å². The summed E-state index contributed by atoms with van der Waals surface area (Å²) in [5.41, 5.74) is 8.00. The summed E-state index contributed by atoms with van der Waals surface area (Å²) in [7, 11) is 0. The summed E-state index contributed by atoms with van der Waals surface area (Å²) in [5.74, 6) is 0.892. The lowest BCUT2D eigenvalue weighted by Gasteiger charge is -2.10. The zero-order valence-corrected chi connectivity index (χ0v) is 11.9. The molecule has 2 heterocycles. The molecule has 0 unspecified atom stereocenters. The zero-order valence-electron chi connectivity index (χ0n) is 11.0. The number of thiocarbonyl (C=S) groups is 1. The number of nitrogens with zero attached hydrogens (tertiary/aromatic N) is 4. The third-order valence-electron chi connectivity index (χ3n) is 2.82. The van der Waals surface area contributed by atoms with Crippen molar-refractivity contribution >= 4 is 17.2 Å². The minimum atomic E-state index is 0.244. The molecule has 2 N–H and O–H groups in total. The molecule has 0 fully saturated rings. The van der Waals surface area contributed by atoms with Gasteiger partial charge in [-0.3, -0.25) is 4.68 Å². The van der Waals surface area contributed by atoms with Crippen LogP contribution in [0, 0.1) is 13.8 Å². The van der Waals surface area contributed by atoms with Crippen LogP contribution in [0.1, 0.15) is 23.7 Å². The molecule has 0 atom stereocenters. The van der Waals surface area contributed by atoms with Crippen LogP contribution in [0.2, 0.25) is 0 Å². The Balaban J connectivity index is 2.39. The van der Waals surface area contributed by atoms with Crippen molar-refractivity contribution < 1.29 is 4.74 Å². The number of hydrogen-bond acceptors (Lipinski definition) is 5. The monoisotopic (exact) mass is 277 g/mol. The second-order valence-electron chi connectivity index (χ2n) is 4.09. The van der Waals surface area contributed by atoms with Crippen LogP contribution in [-0.2, 0) is 6.54 Å². The highest BCUT2D eigenvalue weighted by Crippen LogP contribution is 2.25. The molecule has 6 nitrogen and oxygen atoms in total. The van der Waals surface area contributed by atoms with Crippen LogP contribution in [0.25, 0.3) is 0 Å². The van der Waals surface area contributed by atoms with E-state index < -0.39 is 0 Å². The average Bonchev–Trinajstić information content (AvgIpc) is 2.81. The van der Waals surface area contributed by atoms with Crippen LogP contribution < -0.4 is 10.5 Å². The van der Waals surface area contributed by atoms with Gasteiger partial charge in [-0.15, -0.1) is 5.10 Å². The lowest BCUT2D eigenvalue weighted by Crippen LogP contribution is -2.15. The van der Waals surface area contributed by atoms with Gasteiger partial charge >= 0.3 is 0 Å². The highest BCUT2D eigenvalue weighted by atomic mass is 32.1. The first-order chi connectivity index (χ1) is 9.02. The molecule has 100 valence electrons. The third kappa shape index (κ3) is 2.70. The van der Waals surface area contributed by atoms with Crippen molar-refractivity contribution in [3.05, 3.63) is 29.2 Å². The van der Waals surface area contributed by atoms with E-state index in [1.807, 2.05) is 20.8 Å². The molecule has 0 radical (unpaired) electrons. The van der Waals surface area contributed by atoms with Gasteiger partial charge in [-0.2, -0.15) is 10.2 Å².